The lowest BCUT2D eigenvalue weighted by Gasteiger charge is -2.19. The number of hydrogen-bond acceptors (Lipinski definition) is 3. The largest absolute Gasteiger partial charge is 0.479 e. The molecule has 0 aliphatic heterocycles. The van der Waals surface area contributed by atoms with Crippen LogP contribution < -0.4 is 20.9 Å². The molecule has 116 valence electrons. The standard InChI is InChI=1S/C13H17Cl2N3O2S/c1-3-10(12(19)17-18-13(21)16-4-2)20-11-7-8(14)5-6-9(11)15/h5-7,10H,3-4H2,1-2H3,(H,17,19)(H2,16,18,21)/t10-/m1/s1. The van der Waals surface area contributed by atoms with E-state index in [4.69, 9.17) is 40.2 Å². The highest BCUT2D eigenvalue weighted by Gasteiger charge is 2.19. The zero-order valence-corrected chi connectivity index (χ0v) is 14.0. The quantitative estimate of drug-likeness (QED) is 0.563. The van der Waals surface area contributed by atoms with Gasteiger partial charge in [0.2, 0.25) is 0 Å². The molecule has 0 saturated heterocycles. The van der Waals surface area contributed by atoms with Crippen LogP contribution in [0.5, 0.6) is 5.75 Å². The van der Waals surface area contributed by atoms with Gasteiger partial charge in [0, 0.05) is 17.6 Å². The monoisotopic (exact) mass is 349 g/mol. The van der Waals surface area contributed by atoms with Gasteiger partial charge in [0.15, 0.2) is 11.2 Å². The summed E-state index contributed by atoms with van der Waals surface area (Å²) < 4.78 is 5.60. The normalized spacial score (nSPS) is 11.4. The van der Waals surface area contributed by atoms with Crippen molar-refractivity contribution in [1.82, 2.24) is 16.2 Å². The summed E-state index contributed by atoms with van der Waals surface area (Å²) in [5.74, 6) is 0.00854. The van der Waals surface area contributed by atoms with Gasteiger partial charge in [-0.2, -0.15) is 0 Å². The van der Waals surface area contributed by atoms with E-state index in [0.29, 0.717) is 33.9 Å². The summed E-state index contributed by atoms with van der Waals surface area (Å²) in [6.45, 7) is 4.38. The lowest BCUT2D eigenvalue weighted by atomic mass is 10.2. The molecule has 1 atom stereocenters. The number of halogens is 2. The van der Waals surface area contributed by atoms with Gasteiger partial charge in [-0.05, 0) is 37.7 Å². The fourth-order valence-corrected chi connectivity index (χ4v) is 1.97. The van der Waals surface area contributed by atoms with E-state index < -0.39 is 6.10 Å². The van der Waals surface area contributed by atoms with Gasteiger partial charge in [-0.3, -0.25) is 15.6 Å². The molecule has 0 saturated carbocycles. The zero-order valence-electron chi connectivity index (χ0n) is 11.7. The molecule has 0 aromatic heterocycles. The van der Waals surface area contributed by atoms with Crippen LogP contribution in [-0.2, 0) is 4.79 Å². The molecule has 0 radical (unpaired) electrons. The number of hydrazine groups is 1. The Kier molecular flexibility index (Phi) is 7.56. The van der Waals surface area contributed by atoms with Crippen LogP contribution in [0.1, 0.15) is 20.3 Å². The summed E-state index contributed by atoms with van der Waals surface area (Å²) in [6.07, 6.45) is -0.248. The molecule has 3 N–H and O–H groups in total. The Morgan fingerprint density at radius 1 is 1.33 bits per heavy atom. The number of rotatable bonds is 5. The van der Waals surface area contributed by atoms with Crippen LogP contribution in [0.15, 0.2) is 18.2 Å². The molecule has 1 rings (SSSR count). The molecule has 0 bridgehead atoms. The summed E-state index contributed by atoms with van der Waals surface area (Å²) in [4.78, 5) is 12.0. The van der Waals surface area contributed by atoms with Crippen molar-refractivity contribution in [1.29, 1.82) is 0 Å². The van der Waals surface area contributed by atoms with Crippen molar-refractivity contribution >= 4 is 46.4 Å². The number of benzene rings is 1. The number of amides is 1. The third-order valence-electron chi connectivity index (χ3n) is 2.46. The van der Waals surface area contributed by atoms with Crippen LogP contribution >= 0.6 is 35.4 Å². The predicted molar refractivity (Wildman–Crippen MR) is 88.7 cm³/mol. The molecular formula is C13H17Cl2N3O2S. The minimum Gasteiger partial charge on any atom is -0.479 e. The van der Waals surface area contributed by atoms with Crippen molar-refractivity contribution in [2.75, 3.05) is 6.54 Å². The maximum absolute atomic E-state index is 12.0. The number of hydrogen-bond donors (Lipinski definition) is 3. The van der Waals surface area contributed by atoms with E-state index in [2.05, 4.69) is 16.2 Å². The van der Waals surface area contributed by atoms with E-state index in [-0.39, 0.29) is 5.91 Å². The van der Waals surface area contributed by atoms with Gasteiger partial charge in [-0.1, -0.05) is 30.1 Å². The Morgan fingerprint density at radius 2 is 2.05 bits per heavy atom. The molecule has 5 nitrogen and oxygen atoms in total. The highest BCUT2D eigenvalue weighted by atomic mass is 35.5. The minimum atomic E-state index is -0.710. The molecular weight excluding hydrogens is 333 g/mol. The fraction of sp³-hybridized carbons (Fsp3) is 0.385. The van der Waals surface area contributed by atoms with Crippen LogP contribution in [0.4, 0.5) is 0 Å². The minimum absolute atomic E-state index is 0.335. The van der Waals surface area contributed by atoms with Crippen molar-refractivity contribution in [3.05, 3.63) is 28.2 Å². The van der Waals surface area contributed by atoms with E-state index in [0.717, 1.165) is 0 Å². The lowest BCUT2D eigenvalue weighted by molar-refractivity contribution is -0.128. The average molecular weight is 350 g/mol. The van der Waals surface area contributed by atoms with Crippen molar-refractivity contribution in [3.8, 4) is 5.75 Å². The summed E-state index contributed by atoms with van der Waals surface area (Å²) in [5.41, 5.74) is 5.07. The highest BCUT2D eigenvalue weighted by molar-refractivity contribution is 7.80. The van der Waals surface area contributed by atoms with E-state index in [1.807, 2.05) is 13.8 Å². The van der Waals surface area contributed by atoms with Crippen molar-refractivity contribution in [2.24, 2.45) is 0 Å². The van der Waals surface area contributed by atoms with E-state index >= 15 is 0 Å². The number of carbonyl (C=O) groups is 1. The van der Waals surface area contributed by atoms with Gasteiger partial charge in [0.25, 0.3) is 5.91 Å². The molecule has 21 heavy (non-hydrogen) atoms. The molecule has 0 aliphatic rings. The van der Waals surface area contributed by atoms with Crippen molar-refractivity contribution < 1.29 is 9.53 Å². The second-order valence-electron chi connectivity index (χ2n) is 4.06. The van der Waals surface area contributed by atoms with E-state index in [1.54, 1.807) is 18.2 Å². The first-order valence-corrected chi connectivity index (χ1v) is 7.59. The van der Waals surface area contributed by atoms with Crippen molar-refractivity contribution in [3.63, 3.8) is 0 Å². The lowest BCUT2D eigenvalue weighted by Crippen LogP contribution is -2.51. The Hall–Kier alpha value is -1.24. The molecule has 1 amide bonds. The SMILES string of the molecule is CCNC(=S)NNC(=O)[C@@H](CC)Oc1cc(Cl)ccc1Cl. The molecule has 1 aromatic carbocycles. The maximum atomic E-state index is 12.0. The Bertz CT molecular complexity index is 514. The van der Waals surface area contributed by atoms with Crippen LogP contribution in [-0.4, -0.2) is 23.7 Å². The van der Waals surface area contributed by atoms with Gasteiger partial charge < -0.3 is 10.1 Å². The Morgan fingerprint density at radius 3 is 2.67 bits per heavy atom. The van der Waals surface area contributed by atoms with Gasteiger partial charge in [0.05, 0.1) is 5.02 Å². The molecule has 1 aromatic rings. The topological polar surface area (TPSA) is 62.4 Å². The molecule has 0 unspecified atom stereocenters. The Balaban J connectivity index is 2.63. The predicted octanol–water partition coefficient (Wildman–Crippen LogP) is 2.67. The fourth-order valence-electron chi connectivity index (χ4n) is 1.45. The van der Waals surface area contributed by atoms with Crippen LogP contribution in [0.3, 0.4) is 0 Å². The first-order chi connectivity index (χ1) is 9.97. The third kappa shape index (κ3) is 5.95. The number of ether oxygens (including phenoxy) is 1. The van der Waals surface area contributed by atoms with Gasteiger partial charge in [-0.25, -0.2) is 0 Å². The summed E-state index contributed by atoms with van der Waals surface area (Å²) in [5, 5.41) is 4.06. The summed E-state index contributed by atoms with van der Waals surface area (Å²) >= 11 is 16.8. The molecule has 0 aliphatic carbocycles. The number of nitrogens with one attached hydrogen (secondary N) is 3. The molecule has 0 fully saturated rings. The summed E-state index contributed by atoms with van der Waals surface area (Å²) in [7, 11) is 0. The average Bonchev–Trinajstić information content (AvgIpc) is 2.46. The highest BCUT2D eigenvalue weighted by Crippen LogP contribution is 2.28. The maximum Gasteiger partial charge on any atom is 0.279 e. The van der Waals surface area contributed by atoms with Crippen LogP contribution in [0.2, 0.25) is 10.0 Å². The second kappa shape index (κ2) is 8.92. The van der Waals surface area contributed by atoms with Crippen LogP contribution in [0.25, 0.3) is 0 Å². The van der Waals surface area contributed by atoms with Gasteiger partial charge in [0.1, 0.15) is 5.75 Å². The smallest absolute Gasteiger partial charge is 0.279 e. The van der Waals surface area contributed by atoms with Gasteiger partial charge >= 0.3 is 0 Å². The Labute approximate surface area is 139 Å². The molecule has 8 heteroatoms. The first-order valence-electron chi connectivity index (χ1n) is 6.43. The molecule has 0 spiro atoms. The third-order valence-corrected chi connectivity index (χ3v) is 3.26. The van der Waals surface area contributed by atoms with Crippen molar-refractivity contribution in [2.45, 2.75) is 26.4 Å². The van der Waals surface area contributed by atoms with E-state index in [1.165, 1.54) is 0 Å². The first kappa shape index (κ1) is 17.8. The van der Waals surface area contributed by atoms with Crippen LogP contribution in [0, 0.1) is 0 Å². The number of carbonyl (C=O) groups excluding carboxylic acids is 1. The van der Waals surface area contributed by atoms with Gasteiger partial charge in [-0.15, -0.1) is 0 Å². The molecule has 0 heterocycles. The zero-order chi connectivity index (χ0) is 15.8. The number of thiocarbonyl (C=S) groups is 1. The summed E-state index contributed by atoms with van der Waals surface area (Å²) in [6, 6.07) is 4.83. The second-order valence-corrected chi connectivity index (χ2v) is 5.32. The van der Waals surface area contributed by atoms with E-state index in [9.17, 15) is 4.79 Å².